The number of rotatable bonds is 4. The van der Waals surface area contributed by atoms with Crippen molar-refractivity contribution < 1.29 is 9.18 Å². The summed E-state index contributed by atoms with van der Waals surface area (Å²) in [7, 11) is 0. The van der Waals surface area contributed by atoms with E-state index in [-0.39, 0.29) is 36.1 Å². The van der Waals surface area contributed by atoms with Gasteiger partial charge in [-0.25, -0.2) is 4.39 Å². The summed E-state index contributed by atoms with van der Waals surface area (Å²) in [6, 6.07) is 6.58. The number of nitrogens with zero attached hydrogens (tertiary/aromatic N) is 1. The molecule has 2 atom stereocenters. The molecule has 1 saturated carbocycles. The van der Waals surface area contributed by atoms with Crippen molar-refractivity contribution in [3.05, 3.63) is 35.6 Å². The minimum atomic E-state index is -0.259. The van der Waals surface area contributed by atoms with Gasteiger partial charge in [-0.3, -0.25) is 4.79 Å². The third-order valence-corrected chi connectivity index (χ3v) is 4.02. The lowest BCUT2D eigenvalue weighted by molar-refractivity contribution is -0.137. The molecule has 3 nitrogen and oxygen atoms in total. The molecule has 0 saturated heterocycles. The van der Waals surface area contributed by atoms with Gasteiger partial charge in [-0.15, -0.1) is 12.4 Å². The molecule has 0 spiro atoms. The molecule has 0 bridgehead atoms. The Morgan fingerprint density at radius 3 is 2.81 bits per heavy atom. The molecule has 0 aromatic heterocycles. The smallest absolute Gasteiger partial charge is 0.226 e. The fourth-order valence-corrected chi connectivity index (χ4v) is 2.91. The normalized spacial score (nSPS) is 21.5. The second kappa shape index (κ2) is 8.35. The molecule has 0 aliphatic heterocycles. The second-order valence-corrected chi connectivity index (χ2v) is 5.61. The molecular formula is C16H24ClFN2O. The lowest BCUT2D eigenvalue weighted by atomic mass is 9.85. The molecule has 0 radical (unpaired) electrons. The predicted octanol–water partition coefficient (Wildman–Crippen LogP) is 3.11. The summed E-state index contributed by atoms with van der Waals surface area (Å²) in [5.41, 5.74) is 6.79. The van der Waals surface area contributed by atoms with Crippen LogP contribution in [0, 0.1) is 11.7 Å². The number of benzene rings is 1. The zero-order valence-electron chi connectivity index (χ0n) is 12.4. The first-order valence-corrected chi connectivity index (χ1v) is 7.39. The van der Waals surface area contributed by atoms with Crippen LogP contribution in [0.15, 0.2) is 24.3 Å². The first-order chi connectivity index (χ1) is 9.60. The van der Waals surface area contributed by atoms with E-state index in [0.29, 0.717) is 13.1 Å². The predicted molar refractivity (Wildman–Crippen MR) is 84.7 cm³/mol. The number of amides is 1. The van der Waals surface area contributed by atoms with Crippen molar-refractivity contribution in [3.8, 4) is 0 Å². The van der Waals surface area contributed by atoms with Gasteiger partial charge in [0.05, 0.1) is 0 Å². The Morgan fingerprint density at radius 2 is 2.19 bits per heavy atom. The molecule has 1 aromatic rings. The van der Waals surface area contributed by atoms with Crippen molar-refractivity contribution in [3.63, 3.8) is 0 Å². The quantitative estimate of drug-likeness (QED) is 0.928. The van der Waals surface area contributed by atoms with Crippen LogP contribution in [0.3, 0.4) is 0 Å². The van der Waals surface area contributed by atoms with E-state index < -0.39 is 0 Å². The average molecular weight is 315 g/mol. The molecule has 2 N–H and O–H groups in total. The van der Waals surface area contributed by atoms with E-state index in [1.165, 1.54) is 12.1 Å². The topological polar surface area (TPSA) is 46.3 Å². The third-order valence-electron chi connectivity index (χ3n) is 4.02. The van der Waals surface area contributed by atoms with Gasteiger partial charge in [0.25, 0.3) is 0 Å². The van der Waals surface area contributed by atoms with Crippen LogP contribution in [-0.2, 0) is 11.3 Å². The molecule has 5 heteroatoms. The molecule has 1 amide bonds. The van der Waals surface area contributed by atoms with Gasteiger partial charge in [-0.05, 0) is 43.9 Å². The van der Waals surface area contributed by atoms with Crippen LogP contribution in [-0.4, -0.2) is 23.4 Å². The first-order valence-electron chi connectivity index (χ1n) is 7.39. The molecule has 1 fully saturated rings. The Labute approximate surface area is 132 Å². The van der Waals surface area contributed by atoms with Gasteiger partial charge in [-0.2, -0.15) is 0 Å². The van der Waals surface area contributed by atoms with Crippen LogP contribution >= 0.6 is 12.4 Å². The fraction of sp³-hybridized carbons (Fsp3) is 0.562. The highest BCUT2D eigenvalue weighted by Crippen LogP contribution is 2.25. The van der Waals surface area contributed by atoms with Crippen molar-refractivity contribution in [1.29, 1.82) is 0 Å². The largest absolute Gasteiger partial charge is 0.338 e. The summed E-state index contributed by atoms with van der Waals surface area (Å²) in [5.74, 6) is -0.0649. The summed E-state index contributed by atoms with van der Waals surface area (Å²) < 4.78 is 13.2. The van der Waals surface area contributed by atoms with Gasteiger partial charge >= 0.3 is 0 Å². The van der Waals surface area contributed by atoms with Crippen LogP contribution in [0.4, 0.5) is 4.39 Å². The lowest BCUT2D eigenvalue weighted by Gasteiger charge is -2.31. The Morgan fingerprint density at radius 1 is 1.43 bits per heavy atom. The zero-order chi connectivity index (χ0) is 14.5. The highest BCUT2D eigenvalue weighted by Gasteiger charge is 2.28. The maximum Gasteiger partial charge on any atom is 0.226 e. The van der Waals surface area contributed by atoms with Crippen molar-refractivity contribution >= 4 is 18.3 Å². The molecule has 1 aliphatic rings. The molecule has 118 valence electrons. The zero-order valence-corrected chi connectivity index (χ0v) is 13.2. The van der Waals surface area contributed by atoms with Crippen LogP contribution < -0.4 is 5.73 Å². The molecule has 1 aliphatic carbocycles. The van der Waals surface area contributed by atoms with E-state index in [1.54, 1.807) is 11.0 Å². The highest BCUT2D eigenvalue weighted by molar-refractivity contribution is 5.85. The maximum absolute atomic E-state index is 13.2. The van der Waals surface area contributed by atoms with Crippen molar-refractivity contribution in [2.24, 2.45) is 11.7 Å². The Kier molecular flexibility index (Phi) is 7.12. The average Bonchev–Trinajstić information content (AvgIpc) is 2.44. The summed E-state index contributed by atoms with van der Waals surface area (Å²) in [6.07, 6.45) is 3.74. The van der Waals surface area contributed by atoms with E-state index >= 15 is 0 Å². The number of nitrogens with two attached hydrogens (primary N) is 1. The van der Waals surface area contributed by atoms with Gasteiger partial charge in [0, 0.05) is 25.0 Å². The highest BCUT2D eigenvalue weighted by atomic mass is 35.5. The van der Waals surface area contributed by atoms with E-state index in [0.717, 1.165) is 31.2 Å². The number of carbonyl (C=O) groups is 1. The van der Waals surface area contributed by atoms with Gasteiger partial charge in [0.1, 0.15) is 5.82 Å². The SMILES string of the molecule is CCN(Cc1cccc(F)c1)C(=O)C1CCCC(N)C1.Cl. The van der Waals surface area contributed by atoms with Crippen molar-refractivity contribution in [2.75, 3.05) is 6.54 Å². The molecule has 0 heterocycles. The van der Waals surface area contributed by atoms with Crippen LogP contribution in [0.2, 0.25) is 0 Å². The minimum Gasteiger partial charge on any atom is -0.338 e. The van der Waals surface area contributed by atoms with Crippen molar-refractivity contribution in [1.82, 2.24) is 4.90 Å². The molecule has 21 heavy (non-hydrogen) atoms. The van der Waals surface area contributed by atoms with Gasteiger partial charge < -0.3 is 10.6 Å². The standard InChI is InChI=1S/C16H23FN2O.ClH/c1-2-19(11-12-5-3-7-14(17)9-12)16(20)13-6-4-8-15(18)10-13;/h3,5,7,9,13,15H,2,4,6,8,10-11,18H2,1H3;1H. The Balaban J connectivity index is 0.00000220. The van der Waals surface area contributed by atoms with Crippen LogP contribution in [0.5, 0.6) is 0 Å². The summed E-state index contributed by atoms with van der Waals surface area (Å²) >= 11 is 0. The fourth-order valence-electron chi connectivity index (χ4n) is 2.91. The second-order valence-electron chi connectivity index (χ2n) is 5.61. The lowest BCUT2D eigenvalue weighted by Crippen LogP contribution is -2.40. The number of hydrogen-bond donors (Lipinski definition) is 1. The monoisotopic (exact) mass is 314 g/mol. The van der Waals surface area contributed by atoms with E-state index in [1.807, 2.05) is 13.0 Å². The van der Waals surface area contributed by atoms with E-state index in [4.69, 9.17) is 5.73 Å². The Bertz CT molecular complexity index is 469. The van der Waals surface area contributed by atoms with Crippen molar-refractivity contribution in [2.45, 2.75) is 45.2 Å². The van der Waals surface area contributed by atoms with Crippen LogP contribution in [0.25, 0.3) is 0 Å². The summed E-state index contributed by atoms with van der Waals surface area (Å²) in [4.78, 5) is 14.3. The van der Waals surface area contributed by atoms with Crippen LogP contribution in [0.1, 0.15) is 38.2 Å². The number of carbonyl (C=O) groups excluding carboxylic acids is 1. The summed E-state index contributed by atoms with van der Waals surface area (Å²) in [5, 5.41) is 0. The van der Waals surface area contributed by atoms with Gasteiger partial charge in [0.15, 0.2) is 0 Å². The minimum absolute atomic E-state index is 0. The van der Waals surface area contributed by atoms with E-state index in [2.05, 4.69) is 0 Å². The summed E-state index contributed by atoms with van der Waals surface area (Å²) in [6.45, 7) is 3.07. The Hall–Kier alpha value is -1.13. The third kappa shape index (κ3) is 4.97. The molecule has 1 aromatic carbocycles. The molecular weight excluding hydrogens is 291 g/mol. The molecule has 2 rings (SSSR count). The van der Waals surface area contributed by atoms with Gasteiger partial charge in [0.2, 0.25) is 5.91 Å². The van der Waals surface area contributed by atoms with E-state index in [9.17, 15) is 9.18 Å². The molecule has 2 unspecified atom stereocenters. The number of halogens is 2. The van der Waals surface area contributed by atoms with Gasteiger partial charge in [-0.1, -0.05) is 18.6 Å². The number of hydrogen-bond acceptors (Lipinski definition) is 2. The first kappa shape index (κ1) is 17.9. The maximum atomic E-state index is 13.2.